The summed E-state index contributed by atoms with van der Waals surface area (Å²) < 4.78 is 4.93. The molecule has 0 radical (unpaired) electrons. The second-order valence-corrected chi connectivity index (χ2v) is 9.27. The molecule has 2 heterocycles. The number of carbonyl (C=O) groups is 2. The van der Waals surface area contributed by atoms with Crippen LogP contribution in [-0.4, -0.2) is 71.0 Å². The molecule has 1 aliphatic rings. The lowest BCUT2D eigenvalue weighted by Gasteiger charge is -2.32. The Kier molecular flexibility index (Phi) is 8.51. The quantitative estimate of drug-likeness (QED) is 0.611. The van der Waals surface area contributed by atoms with Crippen molar-refractivity contribution in [3.05, 3.63) is 47.2 Å². The molecule has 0 aliphatic carbocycles. The van der Waals surface area contributed by atoms with Crippen LogP contribution >= 0.6 is 11.8 Å². The number of anilines is 1. The minimum Gasteiger partial charge on any atom is -0.360 e. The first-order chi connectivity index (χ1) is 14.9. The van der Waals surface area contributed by atoms with E-state index in [4.69, 9.17) is 4.52 Å². The summed E-state index contributed by atoms with van der Waals surface area (Å²) in [6.07, 6.45) is 0. The lowest BCUT2D eigenvalue weighted by molar-refractivity contribution is -0.118. The number of nitrogens with one attached hydrogen (secondary N) is 2. The first kappa shape index (κ1) is 23.3. The second kappa shape index (κ2) is 11.3. The van der Waals surface area contributed by atoms with Crippen molar-refractivity contribution < 1.29 is 14.1 Å². The van der Waals surface area contributed by atoms with Gasteiger partial charge in [0.1, 0.15) is 5.76 Å². The smallest absolute Gasteiger partial charge is 0.238 e. The molecular formula is C22H31N5O3S. The monoisotopic (exact) mass is 445 g/mol. The van der Waals surface area contributed by atoms with Gasteiger partial charge in [0.2, 0.25) is 11.8 Å². The summed E-state index contributed by atoms with van der Waals surface area (Å²) >= 11 is 1.29. The molecule has 1 atom stereocenters. The number of piperazine rings is 1. The molecule has 1 aliphatic heterocycles. The maximum Gasteiger partial charge on any atom is 0.238 e. The Balaban J connectivity index is 1.38. The molecule has 0 spiro atoms. The molecule has 0 bridgehead atoms. The molecule has 168 valence electrons. The van der Waals surface area contributed by atoms with Gasteiger partial charge in [-0.2, -0.15) is 0 Å². The van der Waals surface area contributed by atoms with Gasteiger partial charge in [0, 0.05) is 45.3 Å². The normalized spacial score (nSPS) is 16.1. The van der Waals surface area contributed by atoms with Crippen LogP contribution in [0.2, 0.25) is 0 Å². The Bertz CT molecular complexity index is 880. The molecule has 3 rings (SSSR count). The molecule has 8 nitrogen and oxygen atoms in total. The van der Waals surface area contributed by atoms with Crippen molar-refractivity contribution in [2.24, 2.45) is 0 Å². The van der Waals surface area contributed by atoms with Gasteiger partial charge in [-0.15, -0.1) is 11.8 Å². The largest absolute Gasteiger partial charge is 0.360 e. The van der Waals surface area contributed by atoms with Crippen LogP contribution in [-0.2, 0) is 22.7 Å². The van der Waals surface area contributed by atoms with Gasteiger partial charge < -0.3 is 20.1 Å². The zero-order valence-corrected chi connectivity index (χ0v) is 19.2. The number of likely N-dealkylation sites (N-methyl/N-ethyl adjacent to an activating group) is 1. The number of amides is 2. The van der Waals surface area contributed by atoms with Crippen molar-refractivity contribution in [2.45, 2.75) is 32.2 Å². The summed E-state index contributed by atoms with van der Waals surface area (Å²) in [5.74, 6) is 0.931. The fraction of sp³-hybridized carbons (Fsp3) is 0.500. The molecule has 9 heteroatoms. The predicted octanol–water partition coefficient (Wildman–Crippen LogP) is 2.11. The molecule has 2 aromatic rings. The van der Waals surface area contributed by atoms with E-state index in [-0.39, 0.29) is 22.8 Å². The highest BCUT2D eigenvalue weighted by Gasteiger charge is 2.17. The zero-order valence-electron chi connectivity index (χ0n) is 18.4. The summed E-state index contributed by atoms with van der Waals surface area (Å²) in [5.41, 5.74) is 2.34. The minimum atomic E-state index is -0.380. The van der Waals surface area contributed by atoms with Crippen LogP contribution in [0.1, 0.15) is 23.8 Å². The Morgan fingerprint density at radius 3 is 2.65 bits per heavy atom. The Labute approximate surface area is 187 Å². The maximum absolute atomic E-state index is 12.2. The molecule has 1 aromatic heterocycles. The fourth-order valence-corrected chi connectivity index (χ4v) is 4.00. The van der Waals surface area contributed by atoms with E-state index in [1.165, 1.54) is 17.3 Å². The molecular weight excluding hydrogens is 414 g/mol. The third-order valence-corrected chi connectivity index (χ3v) is 6.34. The minimum absolute atomic E-state index is 0.0913. The van der Waals surface area contributed by atoms with Gasteiger partial charge in [-0.05, 0) is 32.0 Å². The van der Waals surface area contributed by atoms with E-state index < -0.39 is 0 Å². The van der Waals surface area contributed by atoms with Crippen molar-refractivity contribution in [3.63, 3.8) is 0 Å². The third kappa shape index (κ3) is 7.68. The van der Waals surface area contributed by atoms with Gasteiger partial charge in [0.25, 0.3) is 0 Å². The van der Waals surface area contributed by atoms with E-state index >= 15 is 0 Å². The van der Waals surface area contributed by atoms with Crippen LogP contribution in [0.5, 0.6) is 0 Å². The third-order valence-electron chi connectivity index (χ3n) is 5.20. The van der Waals surface area contributed by atoms with Gasteiger partial charge in [-0.25, -0.2) is 0 Å². The Morgan fingerprint density at radius 2 is 1.94 bits per heavy atom. The summed E-state index contributed by atoms with van der Waals surface area (Å²) in [4.78, 5) is 29.2. The summed E-state index contributed by atoms with van der Waals surface area (Å²) in [6, 6.07) is 10.0. The van der Waals surface area contributed by atoms with Crippen LogP contribution in [0.15, 0.2) is 34.9 Å². The lowest BCUT2D eigenvalue weighted by Crippen LogP contribution is -2.43. The molecule has 1 fully saturated rings. The van der Waals surface area contributed by atoms with E-state index in [2.05, 4.69) is 44.8 Å². The van der Waals surface area contributed by atoms with E-state index in [0.717, 1.165) is 38.3 Å². The number of benzene rings is 1. The van der Waals surface area contributed by atoms with E-state index in [1.54, 1.807) is 19.9 Å². The Morgan fingerprint density at radius 1 is 1.19 bits per heavy atom. The Hall–Kier alpha value is -2.36. The van der Waals surface area contributed by atoms with E-state index in [1.807, 2.05) is 12.1 Å². The van der Waals surface area contributed by atoms with Gasteiger partial charge in [-0.3, -0.25) is 14.5 Å². The molecule has 2 amide bonds. The number of aromatic nitrogens is 1. The van der Waals surface area contributed by atoms with Crippen molar-refractivity contribution >= 4 is 29.4 Å². The number of thioether (sulfide) groups is 1. The van der Waals surface area contributed by atoms with Crippen LogP contribution in [0.4, 0.5) is 5.82 Å². The number of nitrogens with zero attached hydrogens (tertiary/aromatic N) is 3. The number of carbonyl (C=O) groups excluding carboxylic acids is 2. The van der Waals surface area contributed by atoms with Gasteiger partial charge in [0.05, 0.1) is 11.0 Å². The topological polar surface area (TPSA) is 90.7 Å². The average Bonchev–Trinajstić information content (AvgIpc) is 3.17. The van der Waals surface area contributed by atoms with Crippen molar-refractivity contribution in [1.82, 2.24) is 20.3 Å². The summed E-state index contributed by atoms with van der Waals surface area (Å²) in [7, 11) is 2.16. The number of hydrogen-bond acceptors (Lipinski definition) is 7. The number of aryl methyl sites for hydroxylation is 1. The van der Waals surface area contributed by atoms with Gasteiger partial charge in [-0.1, -0.05) is 29.4 Å². The van der Waals surface area contributed by atoms with Crippen molar-refractivity contribution in [1.29, 1.82) is 0 Å². The molecule has 1 unspecified atom stereocenters. The average molecular weight is 446 g/mol. The highest BCUT2D eigenvalue weighted by molar-refractivity contribution is 8.01. The van der Waals surface area contributed by atoms with Crippen LogP contribution in [0.3, 0.4) is 0 Å². The molecule has 31 heavy (non-hydrogen) atoms. The van der Waals surface area contributed by atoms with Crippen LogP contribution in [0, 0.1) is 6.92 Å². The SMILES string of the molecule is Cc1cc(NC(=O)C(C)SCC(=O)NCc2cccc(CN3CCN(C)CC3)c2)no1. The number of rotatable bonds is 9. The zero-order chi connectivity index (χ0) is 22.2. The molecule has 1 aromatic carbocycles. The maximum atomic E-state index is 12.2. The van der Waals surface area contributed by atoms with E-state index in [9.17, 15) is 9.59 Å². The predicted molar refractivity (Wildman–Crippen MR) is 123 cm³/mol. The van der Waals surface area contributed by atoms with E-state index in [0.29, 0.717) is 18.1 Å². The summed E-state index contributed by atoms with van der Waals surface area (Å²) in [6.45, 7) is 9.30. The standard InChI is InChI=1S/C22H31N5O3S/c1-16-11-20(25-30-16)24-22(29)17(2)31-15-21(28)23-13-18-5-4-6-19(12-18)14-27-9-7-26(3)8-10-27/h4-6,11-12,17H,7-10,13-15H2,1-3H3,(H,23,28)(H,24,25,29). The van der Waals surface area contributed by atoms with Crippen LogP contribution < -0.4 is 10.6 Å². The van der Waals surface area contributed by atoms with Gasteiger partial charge in [0.15, 0.2) is 5.82 Å². The molecule has 1 saturated heterocycles. The fourth-order valence-electron chi connectivity index (χ4n) is 3.28. The summed E-state index contributed by atoms with van der Waals surface area (Å²) in [5, 5.41) is 8.99. The first-order valence-corrected chi connectivity index (χ1v) is 11.5. The van der Waals surface area contributed by atoms with Crippen molar-refractivity contribution in [2.75, 3.05) is 44.3 Å². The van der Waals surface area contributed by atoms with Gasteiger partial charge >= 0.3 is 0 Å². The highest BCUT2D eigenvalue weighted by Crippen LogP contribution is 2.15. The molecule has 0 saturated carbocycles. The van der Waals surface area contributed by atoms with Crippen LogP contribution in [0.25, 0.3) is 0 Å². The first-order valence-electron chi connectivity index (χ1n) is 10.5. The van der Waals surface area contributed by atoms with Crippen molar-refractivity contribution in [3.8, 4) is 0 Å². The molecule has 2 N–H and O–H groups in total. The highest BCUT2D eigenvalue weighted by atomic mass is 32.2. The second-order valence-electron chi connectivity index (χ2n) is 7.94. The lowest BCUT2D eigenvalue weighted by atomic mass is 10.1. The number of hydrogen-bond donors (Lipinski definition) is 2.